The number of nitrogens with one attached hydrogen (secondary N) is 1. The van der Waals surface area contributed by atoms with Crippen LogP contribution in [0.3, 0.4) is 0 Å². The summed E-state index contributed by atoms with van der Waals surface area (Å²) in [5.41, 5.74) is 0. The highest BCUT2D eigenvalue weighted by atomic mass is 31.2. The predicted octanol–water partition coefficient (Wildman–Crippen LogP) is 18.9. The Bertz CT molecular complexity index is 2170. The molecule has 0 saturated carbocycles. The third-order valence-corrected chi connectivity index (χ3v) is 19.5. The van der Waals surface area contributed by atoms with Gasteiger partial charge < -0.3 is 62.5 Å². The predicted molar refractivity (Wildman–Crippen MR) is 398 cm³/mol. The lowest BCUT2D eigenvalue weighted by Gasteiger charge is -2.47. The molecule has 21 nitrogen and oxygen atoms in total. The zero-order chi connectivity index (χ0) is 73.7. The molecule has 586 valence electrons. The fraction of sp³-hybridized carbons (Fsp3) is 0.823. The number of carbonyl (C=O) groups is 4. The number of unbranched alkanes of at least 4 members (excludes halogenated alkanes) is 31. The lowest BCUT2D eigenvalue weighted by Crippen LogP contribution is -2.66. The minimum absolute atomic E-state index is 0.0662. The highest BCUT2D eigenvalue weighted by Gasteiger charge is 2.54. The van der Waals surface area contributed by atoms with Crippen LogP contribution in [0.25, 0.3) is 0 Å². The standard InChI is InChI=1S/C79H140NO20P/c1-10-18-22-26-29-32-33-34-35-36-37-38-40-43-47-51-60-89-75-74(90-61-54-66(87-9)53-49-44-25-21-13-4)72(100-101(86,95-57-16-7)96-58-17-8)68(64-94-78(84)91-55-14-5)98-77(75)93-63-67-71(99-79(85)92-56-15-6)73(88-59-50-46-42-31-28-24-20-12-3)70(76(83)97-67)80-69(82)62-65(81)52-48-45-41-39-30-27-23-19-11-2/h14-17,32-33,66-68,70-77,83H,5-8,10-13,18-31,34-64H2,1-4,9H3,(H,80,82)/b33-32-/t66-,67-,68-,70-,71-,72-,73-,74+,75-,76+,77+/m1/s1. The Balaban J connectivity index is 2.73. The second kappa shape index (κ2) is 63.4. The van der Waals surface area contributed by atoms with Crippen LogP contribution in [0.4, 0.5) is 9.59 Å². The van der Waals surface area contributed by atoms with E-state index in [1.165, 1.54) is 94.9 Å². The van der Waals surface area contributed by atoms with E-state index in [9.17, 15) is 28.8 Å². The van der Waals surface area contributed by atoms with Crippen LogP contribution in [-0.4, -0.2) is 163 Å². The van der Waals surface area contributed by atoms with Gasteiger partial charge in [-0.15, -0.1) is 13.2 Å². The maximum absolute atomic E-state index is 14.9. The molecule has 101 heavy (non-hydrogen) atoms. The molecule has 0 aromatic heterocycles. The maximum Gasteiger partial charge on any atom is 0.509 e. The number of allylic oxidation sites excluding steroid dienone is 2. The van der Waals surface area contributed by atoms with Gasteiger partial charge in [-0.3, -0.25) is 23.2 Å². The number of aliphatic hydroxyl groups is 1. The van der Waals surface area contributed by atoms with Gasteiger partial charge in [0.15, 0.2) is 18.7 Å². The third-order valence-electron chi connectivity index (χ3n) is 18.1. The molecule has 0 unspecified atom stereocenters. The highest BCUT2D eigenvalue weighted by Crippen LogP contribution is 2.53. The van der Waals surface area contributed by atoms with Crippen LogP contribution in [0.15, 0.2) is 62.8 Å². The first-order valence-electron chi connectivity index (χ1n) is 39.4. The molecule has 11 atom stereocenters. The van der Waals surface area contributed by atoms with E-state index in [0.717, 1.165) is 148 Å². The van der Waals surface area contributed by atoms with E-state index in [1.807, 2.05) is 0 Å². The van der Waals surface area contributed by atoms with Gasteiger partial charge in [-0.1, -0.05) is 264 Å². The monoisotopic (exact) mass is 1450 g/mol. The molecule has 2 fully saturated rings. The molecule has 0 spiro atoms. The highest BCUT2D eigenvalue weighted by molar-refractivity contribution is 7.48. The fourth-order valence-electron chi connectivity index (χ4n) is 12.4. The average Bonchev–Trinajstić information content (AvgIpc) is 0.784. The summed E-state index contributed by atoms with van der Waals surface area (Å²) in [5.74, 6) is -0.917. The summed E-state index contributed by atoms with van der Waals surface area (Å²) in [6.45, 7) is 22.0. The summed E-state index contributed by atoms with van der Waals surface area (Å²) < 4.78 is 102. The van der Waals surface area contributed by atoms with Gasteiger partial charge in [0.25, 0.3) is 0 Å². The number of ether oxygens (including phenoxy) is 11. The first kappa shape index (κ1) is 93.3. The zero-order valence-electron chi connectivity index (χ0n) is 63.4. The largest absolute Gasteiger partial charge is 0.509 e. The quantitative estimate of drug-likeness (QED) is 0.0189. The van der Waals surface area contributed by atoms with Gasteiger partial charge in [-0.05, 0) is 57.8 Å². The number of methoxy groups -OCH3 is 1. The smallest absolute Gasteiger partial charge is 0.431 e. The van der Waals surface area contributed by atoms with E-state index in [1.54, 1.807) is 7.11 Å². The summed E-state index contributed by atoms with van der Waals surface area (Å²) in [7, 11) is -2.92. The Morgan fingerprint density at radius 2 is 0.931 bits per heavy atom. The molecule has 2 heterocycles. The number of Topliss-reactive ketones (excluding diaryl/α,β-unsaturated/α-hetero) is 1. The minimum Gasteiger partial charge on any atom is -0.431 e. The molecule has 0 aliphatic carbocycles. The van der Waals surface area contributed by atoms with Gasteiger partial charge in [0.2, 0.25) is 5.91 Å². The Morgan fingerprint density at radius 1 is 0.475 bits per heavy atom. The van der Waals surface area contributed by atoms with Crippen molar-refractivity contribution < 1.29 is 94.5 Å². The van der Waals surface area contributed by atoms with Crippen molar-refractivity contribution in [3.05, 3.63) is 62.8 Å². The number of hydrogen-bond donors (Lipinski definition) is 2. The number of phosphoric ester groups is 1. The number of phosphoric acid groups is 1. The van der Waals surface area contributed by atoms with E-state index in [-0.39, 0.29) is 64.6 Å². The van der Waals surface area contributed by atoms with Gasteiger partial charge in [0, 0.05) is 33.4 Å². The Morgan fingerprint density at radius 3 is 1.46 bits per heavy atom. The minimum atomic E-state index is -4.58. The van der Waals surface area contributed by atoms with Crippen molar-refractivity contribution in [3.8, 4) is 0 Å². The molecular formula is C79H140NO20P. The first-order chi connectivity index (χ1) is 49.3. The molecule has 0 bridgehead atoms. The molecule has 2 rings (SSSR count). The molecule has 0 aromatic rings. The van der Waals surface area contributed by atoms with Crippen LogP contribution in [0.1, 0.15) is 285 Å². The first-order valence-corrected chi connectivity index (χ1v) is 40.8. The van der Waals surface area contributed by atoms with Gasteiger partial charge >= 0.3 is 20.1 Å². The molecule has 2 saturated heterocycles. The number of carbonyl (C=O) groups excluding carboxylic acids is 4. The third kappa shape index (κ3) is 45.3. The van der Waals surface area contributed by atoms with Crippen molar-refractivity contribution in [1.82, 2.24) is 5.32 Å². The molecule has 2 aliphatic rings. The molecule has 0 radical (unpaired) electrons. The van der Waals surface area contributed by atoms with Crippen molar-refractivity contribution in [2.75, 3.05) is 66.6 Å². The van der Waals surface area contributed by atoms with Gasteiger partial charge in [-0.25, -0.2) is 14.2 Å². The van der Waals surface area contributed by atoms with Gasteiger partial charge in [-0.2, -0.15) is 0 Å². The molecule has 0 aromatic carbocycles. The topological polar surface area (TPSA) is 247 Å². The Kier molecular flexibility index (Phi) is 58.6. The molecule has 1 amide bonds. The van der Waals surface area contributed by atoms with Crippen molar-refractivity contribution in [3.63, 3.8) is 0 Å². The van der Waals surface area contributed by atoms with Gasteiger partial charge in [0.05, 0.1) is 32.3 Å². The number of hydrogen-bond acceptors (Lipinski definition) is 20. The number of aliphatic hydroxyl groups excluding tert-OH is 1. The molecular weight excluding hydrogens is 1310 g/mol. The normalized spacial score (nSPS) is 21.0. The average molecular weight is 1450 g/mol. The van der Waals surface area contributed by atoms with E-state index in [2.05, 4.69) is 71.5 Å². The van der Waals surface area contributed by atoms with E-state index >= 15 is 0 Å². The molecule has 22 heteroatoms. The lowest BCUT2D eigenvalue weighted by atomic mass is 9.95. The molecule has 2 N–H and O–H groups in total. The maximum atomic E-state index is 14.9. The number of rotatable bonds is 69. The summed E-state index contributed by atoms with van der Waals surface area (Å²) in [6, 6.07) is -1.35. The summed E-state index contributed by atoms with van der Waals surface area (Å²) in [5, 5.41) is 14.9. The van der Waals surface area contributed by atoms with Gasteiger partial charge in [0.1, 0.15) is 68.3 Å². The van der Waals surface area contributed by atoms with Crippen molar-refractivity contribution in [2.45, 2.75) is 352 Å². The van der Waals surface area contributed by atoms with Crippen LogP contribution in [0, 0.1) is 0 Å². The second-order valence-corrected chi connectivity index (χ2v) is 28.5. The van der Waals surface area contributed by atoms with E-state index in [0.29, 0.717) is 25.7 Å². The summed E-state index contributed by atoms with van der Waals surface area (Å²) in [4.78, 5) is 54.2. The number of ketones is 1. The number of amides is 1. The van der Waals surface area contributed by atoms with Crippen molar-refractivity contribution in [1.29, 1.82) is 0 Å². The Labute approximate surface area is 610 Å². The van der Waals surface area contributed by atoms with Crippen LogP contribution >= 0.6 is 7.82 Å². The van der Waals surface area contributed by atoms with E-state index < -0.39 is 107 Å². The van der Waals surface area contributed by atoms with Crippen molar-refractivity contribution in [2.24, 2.45) is 0 Å². The van der Waals surface area contributed by atoms with Crippen molar-refractivity contribution >= 4 is 31.8 Å². The van der Waals surface area contributed by atoms with Crippen LogP contribution in [0.2, 0.25) is 0 Å². The van der Waals surface area contributed by atoms with Crippen LogP contribution < -0.4 is 5.32 Å². The van der Waals surface area contributed by atoms with Crippen LogP contribution in [-0.2, 0) is 79.8 Å². The summed E-state index contributed by atoms with van der Waals surface area (Å²) >= 11 is 0. The Hall–Kier alpha value is -3.83. The SMILES string of the molecule is C=CCOC(=O)OC[C@H]1O[C@H](OC[C@H]2O[C@H](O)[C@H](NC(=O)CC(=O)CCCCCCCCCCC)[C@@H](OCCCCCCCCCC)[C@@H]2OC(=O)OCC=C)[C@H](OCCCCCCCCCC/C=C\CCCCCC)[C@@H](OCC[C@@H](CCCCCCC)OC)[C@@H]1OP(=O)(OCC=C)OCC=C. The lowest BCUT2D eigenvalue weighted by molar-refractivity contribution is -0.329. The zero-order valence-corrected chi connectivity index (χ0v) is 64.3. The molecule has 2 aliphatic heterocycles. The fourth-order valence-corrected chi connectivity index (χ4v) is 13.7. The van der Waals surface area contributed by atoms with Crippen LogP contribution in [0.5, 0.6) is 0 Å². The van der Waals surface area contributed by atoms with E-state index in [4.69, 9.17) is 65.7 Å². The summed E-state index contributed by atoms with van der Waals surface area (Å²) in [6.07, 6.45) is 34.6. The second-order valence-electron chi connectivity index (χ2n) is 26.9.